The number of likely N-dealkylation sites (tertiary alicyclic amines) is 1. The van der Waals surface area contributed by atoms with Gasteiger partial charge in [0.2, 0.25) is 0 Å². The van der Waals surface area contributed by atoms with Crippen LogP contribution in [0.25, 0.3) is 0 Å². The molecule has 0 unspecified atom stereocenters. The van der Waals surface area contributed by atoms with Crippen molar-refractivity contribution < 1.29 is 23.9 Å². The van der Waals surface area contributed by atoms with E-state index in [1.54, 1.807) is 53.4 Å². The highest BCUT2D eigenvalue weighted by Crippen LogP contribution is 2.40. The first-order chi connectivity index (χ1) is 17.8. The number of rotatable bonds is 2. The van der Waals surface area contributed by atoms with Crippen molar-refractivity contribution in [2.24, 2.45) is 0 Å². The highest BCUT2D eigenvalue weighted by Gasteiger charge is 2.44. The Bertz CT molecular complexity index is 1450. The molecule has 0 saturated carbocycles. The van der Waals surface area contributed by atoms with Gasteiger partial charge in [0, 0.05) is 31.5 Å². The Morgan fingerprint density at radius 1 is 0.811 bits per heavy atom. The second kappa shape index (κ2) is 8.40. The zero-order valence-corrected chi connectivity index (χ0v) is 20.7. The van der Waals surface area contributed by atoms with Crippen LogP contribution in [0.15, 0.2) is 60.7 Å². The largest absolute Gasteiger partial charge is 0.486 e. The second-order valence-corrected chi connectivity index (χ2v) is 10.1. The number of carbonyl (C=O) groups is 4. The minimum atomic E-state index is -0.585. The van der Waals surface area contributed by atoms with Crippen molar-refractivity contribution in [1.29, 1.82) is 0 Å². The first-order valence-corrected chi connectivity index (χ1v) is 12.5. The summed E-state index contributed by atoms with van der Waals surface area (Å²) in [6.45, 7) is 4.95. The Morgan fingerprint density at radius 2 is 1.41 bits per heavy atom. The van der Waals surface area contributed by atoms with E-state index in [-0.39, 0.29) is 23.5 Å². The molecule has 0 radical (unpaired) electrons. The molecule has 7 heteroatoms. The number of ketones is 1. The van der Waals surface area contributed by atoms with Gasteiger partial charge in [-0.3, -0.25) is 19.2 Å². The summed E-state index contributed by atoms with van der Waals surface area (Å²) in [6, 6.07) is 17.1. The molecule has 3 aromatic rings. The molecule has 0 aromatic heterocycles. The average molecular weight is 495 g/mol. The molecule has 1 saturated heterocycles. The van der Waals surface area contributed by atoms with Gasteiger partial charge >= 0.3 is 0 Å². The molecule has 0 N–H and O–H groups in total. The van der Waals surface area contributed by atoms with E-state index in [0.29, 0.717) is 66.0 Å². The summed E-state index contributed by atoms with van der Waals surface area (Å²) in [5.74, 6) is -0.126. The Hall–Kier alpha value is -4.26. The van der Waals surface area contributed by atoms with Crippen molar-refractivity contribution in [2.75, 3.05) is 18.0 Å². The van der Waals surface area contributed by atoms with Crippen molar-refractivity contribution >= 4 is 29.2 Å². The Labute approximate surface area is 214 Å². The lowest BCUT2D eigenvalue weighted by Gasteiger charge is -2.44. The average Bonchev–Trinajstić information content (AvgIpc) is 3.15. The van der Waals surface area contributed by atoms with Gasteiger partial charge in [-0.1, -0.05) is 12.1 Å². The van der Waals surface area contributed by atoms with Crippen LogP contribution in [-0.2, 0) is 0 Å². The summed E-state index contributed by atoms with van der Waals surface area (Å²) in [6.07, 6.45) is 1.47. The molecule has 3 heterocycles. The molecule has 3 amide bonds. The fourth-order valence-electron chi connectivity index (χ4n) is 5.50. The third-order valence-corrected chi connectivity index (χ3v) is 7.83. The molecule has 1 spiro atoms. The summed E-state index contributed by atoms with van der Waals surface area (Å²) in [7, 11) is 0. The van der Waals surface area contributed by atoms with Crippen LogP contribution in [0.1, 0.15) is 71.8 Å². The number of fused-ring (bicyclic) bond motifs is 2. The standard InChI is InChI=1S/C30H26N2O5/c1-18-15-24-25(33)17-30(37-26(24)16-19(18)2)11-13-31(14-12-30)27(34)20-7-9-21(10-8-20)32-28(35)22-5-3-4-6-23(22)29(32)36/h3-10,15-16H,11-14,17H2,1-2H3. The minimum Gasteiger partial charge on any atom is -0.486 e. The summed E-state index contributed by atoms with van der Waals surface area (Å²) >= 11 is 0. The number of carbonyl (C=O) groups excluding carboxylic acids is 4. The van der Waals surface area contributed by atoms with Crippen molar-refractivity contribution in [3.05, 3.63) is 94.0 Å². The van der Waals surface area contributed by atoms with Gasteiger partial charge in [0.1, 0.15) is 11.4 Å². The van der Waals surface area contributed by atoms with Gasteiger partial charge < -0.3 is 9.64 Å². The maximum Gasteiger partial charge on any atom is 0.266 e. The molecule has 0 bridgehead atoms. The number of aryl methyl sites for hydroxylation is 2. The third-order valence-electron chi connectivity index (χ3n) is 7.83. The number of Topliss-reactive ketones (excluding diaryl/α,β-unsaturated/α-hetero) is 1. The number of anilines is 1. The van der Waals surface area contributed by atoms with E-state index in [4.69, 9.17) is 4.74 Å². The maximum absolute atomic E-state index is 13.2. The van der Waals surface area contributed by atoms with Crippen LogP contribution in [0, 0.1) is 13.8 Å². The van der Waals surface area contributed by atoms with Crippen LogP contribution in [0.3, 0.4) is 0 Å². The lowest BCUT2D eigenvalue weighted by molar-refractivity contribution is -0.00576. The molecule has 186 valence electrons. The fraction of sp³-hybridized carbons (Fsp3) is 0.267. The number of hydrogen-bond acceptors (Lipinski definition) is 5. The summed E-state index contributed by atoms with van der Waals surface area (Å²) in [4.78, 5) is 54.5. The highest BCUT2D eigenvalue weighted by molar-refractivity contribution is 6.34. The topological polar surface area (TPSA) is 84.0 Å². The molecular formula is C30H26N2O5. The number of ether oxygens (including phenoxy) is 1. The number of piperidine rings is 1. The molecule has 0 atom stereocenters. The Balaban J connectivity index is 1.14. The first kappa shape index (κ1) is 23.2. The molecule has 3 aromatic carbocycles. The van der Waals surface area contributed by atoms with E-state index in [0.717, 1.165) is 16.0 Å². The van der Waals surface area contributed by atoms with Crippen LogP contribution in [0.4, 0.5) is 5.69 Å². The molecule has 7 nitrogen and oxygen atoms in total. The lowest BCUT2D eigenvalue weighted by atomic mass is 9.81. The van der Waals surface area contributed by atoms with Crippen molar-refractivity contribution in [3.63, 3.8) is 0 Å². The fourth-order valence-corrected chi connectivity index (χ4v) is 5.50. The smallest absolute Gasteiger partial charge is 0.266 e. The number of hydrogen-bond donors (Lipinski definition) is 0. The van der Waals surface area contributed by atoms with Crippen molar-refractivity contribution in [2.45, 2.75) is 38.7 Å². The van der Waals surface area contributed by atoms with Gasteiger partial charge in [-0.25, -0.2) is 4.90 Å². The van der Waals surface area contributed by atoms with Gasteiger partial charge in [0.15, 0.2) is 5.78 Å². The quantitative estimate of drug-likeness (QED) is 0.481. The third kappa shape index (κ3) is 3.73. The molecule has 3 aliphatic rings. The van der Waals surface area contributed by atoms with Crippen molar-refractivity contribution in [3.8, 4) is 5.75 Å². The Kier molecular flexibility index (Phi) is 5.26. The van der Waals surface area contributed by atoms with E-state index < -0.39 is 5.60 Å². The van der Waals surface area contributed by atoms with Gasteiger partial charge in [-0.05, 0) is 73.5 Å². The van der Waals surface area contributed by atoms with Gasteiger partial charge in [-0.2, -0.15) is 0 Å². The van der Waals surface area contributed by atoms with Crippen LogP contribution < -0.4 is 9.64 Å². The van der Waals surface area contributed by atoms with E-state index >= 15 is 0 Å². The predicted octanol–water partition coefficient (Wildman–Crippen LogP) is 4.74. The lowest BCUT2D eigenvalue weighted by Crippen LogP contribution is -2.52. The van der Waals surface area contributed by atoms with E-state index in [9.17, 15) is 19.2 Å². The molecule has 6 rings (SSSR count). The first-order valence-electron chi connectivity index (χ1n) is 12.5. The SMILES string of the molecule is Cc1cc2c(cc1C)C(=O)CC1(CCN(C(=O)c3ccc(N4C(=O)c5ccccc5C4=O)cc3)CC1)O2. The van der Waals surface area contributed by atoms with E-state index in [1.165, 1.54) is 0 Å². The number of nitrogens with zero attached hydrogens (tertiary/aromatic N) is 2. The minimum absolute atomic E-state index is 0.0906. The predicted molar refractivity (Wildman–Crippen MR) is 137 cm³/mol. The highest BCUT2D eigenvalue weighted by atomic mass is 16.5. The van der Waals surface area contributed by atoms with E-state index in [1.807, 2.05) is 26.0 Å². The van der Waals surface area contributed by atoms with Gasteiger partial charge in [-0.15, -0.1) is 0 Å². The molecule has 1 fully saturated rings. The number of imide groups is 1. The van der Waals surface area contributed by atoms with E-state index in [2.05, 4.69) is 0 Å². The maximum atomic E-state index is 13.2. The summed E-state index contributed by atoms with van der Waals surface area (Å²) in [5.41, 5.74) is 3.88. The summed E-state index contributed by atoms with van der Waals surface area (Å²) < 4.78 is 6.39. The number of benzene rings is 3. The zero-order chi connectivity index (χ0) is 25.9. The van der Waals surface area contributed by atoms with Gasteiger partial charge in [0.25, 0.3) is 17.7 Å². The zero-order valence-electron chi connectivity index (χ0n) is 20.7. The molecule has 3 aliphatic heterocycles. The van der Waals surface area contributed by atoms with Crippen LogP contribution in [0.2, 0.25) is 0 Å². The second-order valence-electron chi connectivity index (χ2n) is 10.1. The van der Waals surface area contributed by atoms with Crippen LogP contribution in [-0.4, -0.2) is 47.1 Å². The van der Waals surface area contributed by atoms with Crippen LogP contribution >= 0.6 is 0 Å². The summed E-state index contributed by atoms with van der Waals surface area (Å²) in [5, 5.41) is 0. The molecule has 37 heavy (non-hydrogen) atoms. The molecule has 0 aliphatic carbocycles. The number of amides is 3. The van der Waals surface area contributed by atoms with Gasteiger partial charge in [0.05, 0.1) is 28.8 Å². The van der Waals surface area contributed by atoms with Crippen molar-refractivity contribution in [1.82, 2.24) is 4.90 Å². The monoisotopic (exact) mass is 494 g/mol. The van der Waals surface area contributed by atoms with Crippen LogP contribution in [0.5, 0.6) is 5.75 Å². The molecular weight excluding hydrogens is 468 g/mol. The Morgan fingerprint density at radius 3 is 2.03 bits per heavy atom. The normalized spacial score (nSPS) is 18.1.